The van der Waals surface area contributed by atoms with Gasteiger partial charge in [0.25, 0.3) is 5.91 Å². The third kappa shape index (κ3) is 5.30. The van der Waals surface area contributed by atoms with Crippen LogP contribution in [0.5, 0.6) is 0 Å². The number of nitrogens with one attached hydrogen (secondary N) is 1. The van der Waals surface area contributed by atoms with Crippen LogP contribution in [0.4, 0.5) is 0 Å². The molecule has 0 bridgehead atoms. The van der Waals surface area contributed by atoms with E-state index >= 15 is 0 Å². The van der Waals surface area contributed by atoms with Gasteiger partial charge in [0.1, 0.15) is 11.5 Å². The molecule has 12 heteroatoms. The van der Waals surface area contributed by atoms with Gasteiger partial charge in [-0.1, -0.05) is 17.7 Å². The van der Waals surface area contributed by atoms with Crippen molar-refractivity contribution in [2.45, 2.75) is 45.6 Å². The molecule has 0 atom stereocenters. The van der Waals surface area contributed by atoms with Crippen LogP contribution in [0.25, 0.3) is 39.0 Å². The molecule has 9 rings (SSSR count). The maximum Gasteiger partial charge on any atom is 0.338 e. The molecule has 0 saturated carbocycles. The van der Waals surface area contributed by atoms with E-state index in [2.05, 4.69) is 28.3 Å². The third-order valence-electron chi connectivity index (χ3n) is 10.5. The van der Waals surface area contributed by atoms with E-state index in [0.717, 1.165) is 81.6 Å². The zero-order valence-corrected chi connectivity index (χ0v) is 29.4. The molecule has 258 valence electrons. The minimum atomic E-state index is -0.246. The summed E-state index contributed by atoms with van der Waals surface area (Å²) in [7, 11) is 1.89. The second-order valence-corrected chi connectivity index (χ2v) is 14.2. The number of ether oxygens (including phenoxy) is 1. The Bertz CT molecular complexity index is 2540. The van der Waals surface area contributed by atoms with Crippen LogP contribution in [-0.4, -0.2) is 64.2 Å². The smallest absolute Gasteiger partial charge is 0.338 e. The van der Waals surface area contributed by atoms with Crippen molar-refractivity contribution in [1.82, 2.24) is 38.6 Å². The molecular weight excluding hydrogens is 664 g/mol. The van der Waals surface area contributed by atoms with E-state index in [1.54, 1.807) is 32.4 Å². The van der Waals surface area contributed by atoms with Crippen LogP contribution < -0.4 is 5.69 Å². The number of hydrogen-bond acceptors (Lipinski definition) is 5. The summed E-state index contributed by atoms with van der Waals surface area (Å²) in [5.74, 6) is 0.987. The first kappa shape index (κ1) is 31.6. The van der Waals surface area contributed by atoms with Crippen LogP contribution in [0.2, 0.25) is 5.02 Å². The first-order valence-corrected chi connectivity index (χ1v) is 17.7. The quantitative estimate of drug-likeness (QED) is 0.219. The number of carbonyl (C=O) groups excluding carboxylic acids is 1. The molecule has 1 amide bonds. The molecule has 4 aromatic heterocycles. The fourth-order valence-corrected chi connectivity index (χ4v) is 7.87. The van der Waals surface area contributed by atoms with E-state index in [0.29, 0.717) is 42.0 Å². The standard InChI is InChI=1S/C39H37ClN8O3/c1-23-16-30(17-24(2)36(23)40)48-37(47-13-12-46(39(47)50)29-5-7-35-28(19-29)21-41-44(35)3)31-22-45(11-8-33(31)43-48)38(49)34-20-27-18-26(4-6-32(27)42-34)25-9-14-51-15-10-25/h4-7,12-13,16-21,25,42H,8-11,14-15,22H2,1-3H3. The predicted molar refractivity (Wildman–Crippen MR) is 197 cm³/mol. The molecule has 0 unspecified atom stereocenters. The van der Waals surface area contributed by atoms with E-state index in [1.165, 1.54) is 5.56 Å². The zero-order valence-electron chi connectivity index (χ0n) is 28.7. The molecule has 3 aromatic carbocycles. The zero-order chi connectivity index (χ0) is 35.0. The highest BCUT2D eigenvalue weighted by molar-refractivity contribution is 6.32. The third-order valence-corrected chi connectivity index (χ3v) is 11.1. The van der Waals surface area contributed by atoms with Crippen molar-refractivity contribution >= 4 is 39.3 Å². The minimum absolute atomic E-state index is 0.0870. The van der Waals surface area contributed by atoms with Crippen molar-refractivity contribution in [3.8, 4) is 17.2 Å². The van der Waals surface area contributed by atoms with Crippen molar-refractivity contribution in [2.24, 2.45) is 7.05 Å². The SMILES string of the molecule is Cc1cc(-n2nc3c(c2-n2ccn(-c4ccc5c(cnn5C)c4)c2=O)CN(C(=O)c2cc4cc(C5CCOCC5)ccc4[nH]2)CC3)cc(C)c1Cl. The monoisotopic (exact) mass is 700 g/mol. The second-order valence-electron chi connectivity index (χ2n) is 13.8. The number of hydrogen-bond donors (Lipinski definition) is 1. The van der Waals surface area contributed by atoms with Crippen molar-refractivity contribution in [2.75, 3.05) is 19.8 Å². The van der Waals surface area contributed by atoms with Gasteiger partial charge in [-0.2, -0.15) is 10.2 Å². The minimum Gasteiger partial charge on any atom is -0.381 e. The summed E-state index contributed by atoms with van der Waals surface area (Å²) < 4.78 is 12.5. The highest BCUT2D eigenvalue weighted by Gasteiger charge is 2.31. The number of carbonyl (C=O) groups is 1. The summed E-state index contributed by atoms with van der Waals surface area (Å²) in [6.07, 6.45) is 7.90. The Morgan fingerprint density at radius 1 is 0.941 bits per heavy atom. The van der Waals surface area contributed by atoms with Gasteiger partial charge in [0.15, 0.2) is 0 Å². The molecule has 2 aliphatic heterocycles. The van der Waals surface area contributed by atoms with Gasteiger partial charge >= 0.3 is 5.69 Å². The average molecular weight is 701 g/mol. The molecule has 0 spiro atoms. The van der Waals surface area contributed by atoms with Crippen LogP contribution in [-0.2, 0) is 24.8 Å². The molecule has 7 aromatic rings. The van der Waals surface area contributed by atoms with Crippen molar-refractivity contribution in [3.05, 3.63) is 122 Å². The number of nitrogens with zero attached hydrogens (tertiary/aromatic N) is 7. The van der Waals surface area contributed by atoms with Gasteiger partial charge in [-0.15, -0.1) is 0 Å². The average Bonchev–Trinajstić information content (AvgIpc) is 3.93. The van der Waals surface area contributed by atoms with Gasteiger partial charge < -0.3 is 14.6 Å². The maximum absolute atomic E-state index is 14.3. The van der Waals surface area contributed by atoms with Gasteiger partial charge in [-0.05, 0) is 97.8 Å². The molecule has 1 fully saturated rings. The number of halogens is 1. The highest BCUT2D eigenvalue weighted by Crippen LogP contribution is 2.33. The molecule has 51 heavy (non-hydrogen) atoms. The van der Waals surface area contributed by atoms with E-state index < -0.39 is 0 Å². The lowest BCUT2D eigenvalue weighted by Gasteiger charge is -2.26. The Hall–Kier alpha value is -5.39. The van der Waals surface area contributed by atoms with Crippen LogP contribution in [0, 0.1) is 13.8 Å². The summed E-state index contributed by atoms with van der Waals surface area (Å²) in [5, 5.41) is 12.1. The van der Waals surface area contributed by atoms with Crippen LogP contribution in [0.15, 0.2) is 78.0 Å². The van der Waals surface area contributed by atoms with E-state index in [4.69, 9.17) is 21.4 Å². The van der Waals surface area contributed by atoms with Crippen molar-refractivity contribution in [1.29, 1.82) is 0 Å². The topological polar surface area (TPSA) is 108 Å². The number of fused-ring (bicyclic) bond motifs is 3. The van der Waals surface area contributed by atoms with Gasteiger partial charge in [0, 0.05) is 72.5 Å². The molecule has 1 N–H and O–H groups in total. The number of aryl methyl sites for hydroxylation is 3. The Balaban J connectivity index is 1.11. The number of imidazole rings is 1. The Kier molecular flexibility index (Phi) is 7.52. The largest absolute Gasteiger partial charge is 0.381 e. The normalized spacial score (nSPS) is 15.3. The molecule has 0 aliphatic carbocycles. The lowest BCUT2D eigenvalue weighted by Crippen LogP contribution is -2.36. The van der Waals surface area contributed by atoms with Crippen LogP contribution >= 0.6 is 11.6 Å². The number of aromatic amines is 1. The van der Waals surface area contributed by atoms with Gasteiger partial charge in [0.05, 0.1) is 35.3 Å². The lowest BCUT2D eigenvalue weighted by molar-refractivity contribution is 0.0729. The molecule has 2 aliphatic rings. The first-order valence-electron chi connectivity index (χ1n) is 17.3. The van der Waals surface area contributed by atoms with Gasteiger partial charge in [0.2, 0.25) is 0 Å². The number of aromatic nitrogens is 7. The van der Waals surface area contributed by atoms with Gasteiger partial charge in [-0.25, -0.2) is 9.48 Å². The highest BCUT2D eigenvalue weighted by atomic mass is 35.5. The summed E-state index contributed by atoms with van der Waals surface area (Å²) >= 11 is 6.58. The molecule has 0 radical (unpaired) electrons. The molecule has 11 nitrogen and oxygen atoms in total. The molecular formula is C39H37ClN8O3. The number of H-pyrrole nitrogens is 1. The Labute approximate surface area is 298 Å². The summed E-state index contributed by atoms with van der Waals surface area (Å²) in [4.78, 5) is 33.7. The fourth-order valence-electron chi connectivity index (χ4n) is 7.76. The Morgan fingerprint density at radius 3 is 2.53 bits per heavy atom. The van der Waals surface area contributed by atoms with E-state index in [1.807, 2.05) is 66.9 Å². The van der Waals surface area contributed by atoms with Crippen molar-refractivity contribution in [3.63, 3.8) is 0 Å². The summed E-state index contributed by atoms with van der Waals surface area (Å²) in [6.45, 7) is 6.30. The summed E-state index contributed by atoms with van der Waals surface area (Å²) in [6, 6.07) is 18.2. The number of rotatable bonds is 5. The van der Waals surface area contributed by atoms with Crippen LogP contribution in [0.3, 0.4) is 0 Å². The summed E-state index contributed by atoms with van der Waals surface area (Å²) in [5.41, 5.74) is 8.54. The number of benzene rings is 3. The van der Waals surface area contributed by atoms with E-state index in [-0.39, 0.29) is 11.6 Å². The number of amides is 1. The van der Waals surface area contributed by atoms with Crippen molar-refractivity contribution < 1.29 is 9.53 Å². The maximum atomic E-state index is 14.3. The van der Waals surface area contributed by atoms with Gasteiger partial charge in [-0.3, -0.25) is 18.6 Å². The second kappa shape index (κ2) is 12.1. The first-order chi connectivity index (χ1) is 24.7. The van der Waals surface area contributed by atoms with Crippen LogP contribution in [0.1, 0.15) is 57.2 Å². The Morgan fingerprint density at radius 2 is 1.73 bits per heavy atom. The molecule has 6 heterocycles. The molecule has 1 saturated heterocycles. The fraction of sp³-hybridized carbons (Fsp3) is 0.282. The lowest BCUT2D eigenvalue weighted by atomic mass is 9.91. The predicted octanol–water partition coefficient (Wildman–Crippen LogP) is 6.54. The van der Waals surface area contributed by atoms with E-state index in [9.17, 15) is 9.59 Å².